The van der Waals surface area contributed by atoms with E-state index in [1.807, 2.05) is 0 Å². The number of hydrogen-bond acceptors (Lipinski definition) is 6. The number of hydrogen-bond donors (Lipinski definition) is 3. The van der Waals surface area contributed by atoms with Crippen LogP contribution < -0.4 is 21.1 Å². The molecule has 288 valence electrons. The summed E-state index contributed by atoms with van der Waals surface area (Å²) in [6.07, 6.45) is 6.85. The Bertz CT molecular complexity index is 1830. The number of anilines is 1. The summed E-state index contributed by atoms with van der Waals surface area (Å²) in [5.74, 6) is -0.124. The minimum absolute atomic E-state index is 0.0380. The number of rotatable bonds is 16. The number of nitrogens with two attached hydrogens (primary N) is 1. The number of piperidine rings is 1. The number of benzene rings is 2. The van der Waals surface area contributed by atoms with E-state index in [2.05, 4.69) is 52.2 Å². The molecule has 5 rings (SSSR count). The number of urea groups is 1. The van der Waals surface area contributed by atoms with Gasteiger partial charge in [-0.3, -0.25) is 9.36 Å². The minimum Gasteiger partial charge on any atom is -0.482 e. The standard InChI is InChI=1S/C40H53ClFN5O6/c1-7-10-13-27-28-18-33(37(49)44-19-25-12-11-14-30(41)35(25)42)47(36(27)28)39(51)45-31-20-46(38(43)50)32-16-15-26(17-29(31)32)52-22-34(48)53-21-24(6)40(8-2,9-3)23(4)5/h11-12,14-17,20,23-24,27-28,33,36H,7-10,13,18-19,21-22H2,1-6H3,(H2,43,50)(H,44,49)(H,45,51)/t24?,27-,28+,33+,36?/m1/s1. The first-order valence-electron chi connectivity index (χ1n) is 18.8. The van der Waals surface area contributed by atoms with Gasteiger partial charge < -0.3 is 30.7 Å². The van der Waals surface area contributed by atoms with Gasteiger partial charge in [-0.15, -0.1) is 0 Å². The quantitative estimate of drug-likeness (QED) is 0.126. The average Bonchev–Trinajstić information content (AvgIpc) is 3.44. The lowest BCUT2D eigenvalue weighted by Gasteiger charge is -2.41. The number of primary amides is 1. The molecule has 0 bridgehead atoms. The normalized spacial score (nSPS) is 19.9. The number of nitrogens with zero attached hydrogens (tertiary/aromatic N) is 2. The topological polar surface area (TPSA) is 145 Å². The van der Waals surface area contributed by atoms with Crippen molar-refractivity contribution in [3.63, 3.8) is 0 Å². The first kappa shape index (κ1) is 39.9. The second kappa shape index (κ2) is 16.8. The number of halogens is 2. The van der Waals surface area contributed by atoms with Crippen molar-refractivity contribution in [3.8, 4) is 5.75 Å². The Morgan fingerprint density at radius 2 is 1.83 bits per heavy atom. The van der Waals surface area contributed by atoms with Gasteiger partial charge in [0.2, 0.25) is 5.91 Å². The van der Waals surface area contributed by atoms with Crippen molar-refractivity contribution in [2.24, 2.45) is 34.8 Å². The third kappa shape index (κ3) is 8.27. The third-order valence-corrected chi connectivity index (χ3v) is 12.2. The number of amides is 4. The highest BCUT2D eigenvalue weighted by Gasteiger charge is 2.63. The van der Waals surface area contributed by atoms with Crippen LogP contribution in [0.1, 0.15) is 85.6 Å². The zero-order valence-corrected chi connectivity index (χ0v) is 32.3. The summed E-state index contributed by atoms with van der Waals surface area (Å²) in [6.45, 7) is 12.8. The van der Waals surface area contributed by atoms with Crippen molar-refractivity contribution in [3.05, 3.63) is 59.0 Å². The van der Waals surface area contributed by atoms with Crippen molar-refractivity contribution in [2.45, 2.75) is 98.7 Å². The number of nitrogens with one attached hydrogen (secondary N) is 2. The third-order valence-electron chi connectivity index (χ3n) is 11.9. The summed E-state index contributed by atoms with van der Waals surface area (Å²) in [7, 11) is 0. The fourth-order valence-corrected chi connectivity index (χ4v) is 8.91. The molecule has 1 saturated heterocycles. The number of fused-ring (bicyclic) bond motifs is 2. The number of ether oxygens (including phenoxy) is 2. The molecule has 4 amide bonds. The van der Waals surface area contributed by atoms with Gasteiger partial charge in [0.15, 0.2) is 6.61 Å². The summed E-state index contributed by atoms with van der Waals surface area (Å²) >= 11 is 5.93. The molecule has 5 atom stereocenters. The molecule has 1 saturated carbocycles. The molecule has 11 nitrogen and oxygen atoms in total. The Hall–Kier alpha value is -4.32. The molecule has 4 N–H and O–H groups in total. The summed E-state index contributed by atoms with van der Waals surface area (Å²) in [6, 6.07) is 7.28. The van der Waals surface area contributed by atoms with Crippen LogP contribution in [0.5, 0.6) is 5.75 Å². The number of likely N-dealkylation sites (tertiary alicyclic amines) is 1. The molecule has 2 aliphatic rings. The molecule has 1 aliphatic carbocycles. The van der Waals surface area contributed by atoms with Crippen LogP contribution in [0.25, 0.3) is 10.9 Å². The van der Waals surface area contributed by atoms with Gasteiger partial charge in [0.05, 0.1) is 22.8 Å². The van der Waals surface area contributed by atoms with Crippen molar-refractivity contribution in [1.29, 1.82) is 0 Å². The predicted octanol–water partition coefficient (Wildman–Crippen LogP) is 8.11. The van der Waals surface area contributed by atoms with Crippen LogP contribution in [0.3, 0.4) is 0 Å². The highest BCUT2D eigenvalue weighted by atomic mass is 35.5. The molecule has 1 aliphatic heterocycles. The van der Waals surface area contributed by atoms with Gasteiger partial charge in [0.25, 0.3) is 0 Å². The summed E-state index contributed by atoms with van der Waals surface area (Å²) in [5, 5.41) is 6.13. The van der Waals surface area contributed by atoms with Crippen LogP contribution >= 0.6 is 11.6 Å². The Morgan fingerprint density at radius 1 is 1.09 bits per heavy atom. The van der Waals surface area contributed by atoms with Gasteiger partial charge in [0.1, 0.15) is 17.6 Å². The van der Waals surface area contributed by atoms with Gasteiger partial charge >= 0.3 is 18.0 Å². The molecular formula is C40H53ClFN5O6. The number of carbonyl (C=O) groups is 4. The second-order valence-electron chi connectivity index (χ2n) is 14.9. The van der Waals surface area contributed by atoms with Crippen LogP contribution in [0.15, 0.2) is 42.6 Å². The average molecular weight is 754 g/mol. The number of aromatic nitrogens is 1. The van der Waals surface area contributed by atoms with E-state index in [-0.39, 0.29) is 65.2 Å². The smallest absolute Gasteiger partial charge is 0.344 e. The SMILES string of the molecule is CCCC[C@H]1C2[C@H]1C[C@@H](C(=O)NCc1cccc(Cl)c1F)N2C(=O)Nc1cn(C(N)=O)c2ccc(OCC(=O)OCC(C)C(CC)(CC)C(C)C)cc12. The van der Waals surface area contributed by atoms with E-state index < -0.39 is 35.8 Å². The van der Waals surface area contributed by atoms with E-state index >= 15 is 0 Å². The van der Waals surface area contributed by atoms with Gasteiger partial charge in [-0.05, 0) is 79.0 Å². The number of carbonyl (C=O) groups excluding carboxylic acids is 4. The van der Waals surface area contributed by atoms with Crippen LogP contribution in [-0.4, -0.2) is 58.7 Å². The Kier molecular flexibility index (Phi) is 12.6. The largest absolute Gasteiger partial charge is 0.482 e. The van der Waals surface area contributed by atoms with Crippen molar-refractivity contribution in [2.75, 3.05) is 18.5 Å². The van der Waals surface area contributed by atoms with Crippen molar-refractivity contribution in [1.82, 2.24) is 14.8 Å². The van der Waals surface area contributed by atoms with Gasteiger partial charge in [-0.1, -0.05) is 78.1 Å². The van der Waals surface area contributed by atoms with E-state index in [9.17, 15) is 23.6 Å². The van der Waals surface area contributed by atoms with Gasteiger partial charge in [-0.25, -0.2) is 18.8 Å². The van der Waals surface area contributed by atoms with E-state index in [4.69, 9.17) is 26.8 Å². The van der Waals surface area contributed by atoms with Crippen molar-refractivity contribution >= 4 is 52.1 Å². The maximum Gasteiger partial charge on any atom is 0.344 e. The van der Waals surface area contributed by atoms with Crippen LogP contribution in [0.2, 0.25) is 5.02 Å². The number of unbranched alkanes of at least 4 members (excludes halogenated alkanes) is 1. The van der Waals surface area contributed by atoms with Gasteiger partial charge in [-0.2, -0.15) is 0 Å². The van der Waals surface area contributed by atoms with Crippen molar-refractivity contribution < 1.29 is 33.0 Å². The Labute approximate surface area is 316 Å². The Morgan fingerprint density at radius 3 is 2.49 bits per heavy atom. The molecule has 3 aromatic rings. The highest BCUT2D eigenvalue weighted by molar-refractivity contribution is 6.30. The second-order valence-corrected chi connectivity index (χ2v) is 15.3. The van der Waals surface area contributed by atoms with Gasteiger partial charge in [0, 0.05) is 29.7 Å². The lowest BCUT2D eigenvalue weighted by molar-refractivity contribution is -0.149. The highest BCUT2D eigenvalue weighted by Crippen LogP contribution is 2.56. The molecule has 1 aromatic heterocycles. The monoisotopic (exact) mass is 753 g/mol. The summed E-state index contributed by atoms with van der Waals surface area (Å²) < 4.78 is 27.2. The fourth-order valence-electron chi connectivity index (χ4n) is 8.71. The first-order chi connectivity index (χ1) is 25.3. The van der Waals surface area contributed by atoms with Crippen LogP contribution in [0, 0.1) is 34.9 Å². The minimum atomic E-state index is -0.775. The van der Waals surface area contributed by atoms with E-state index in [0.29, 0.717) is 29.0 Å². The van der Waals surface area contributed by atoms with E-state index in [0.717, 1.165) is 32.1 Å². The van der Waals surface area contributed by atoms with E-state index in [1.165, 1.54) is 16.8 Å². The molecule has 0 radical (unpaired) electrons. The molecular weight excluding hydrogens is 701 g/mol. The molecule has 2 heterocycles. The summed E-state index contributed by atoms with van der Waals surface area (Å²) in [4.78, 5) is 54.4. The molecule has 53 heavy (non-hydrogen) atoms. The molecule has 13 heteroatoms. The Balaban J connectivity index is 1.31. The maximum atomic E-state index is 14.5. The first-order valence-corrected chi connectivity index (χ1v) is 19.2. The van der Waals surface area contributed by atoms with Crippen LogP contribution in [0.4, 0.5) is 19.7 Å². The lowest BCUT2D eigenvalue weighted by Crippen LogP contribution is -2.50. The lowest BCUT2D eigenvalue weighted by atomic mass is 9.65. The molecule has 0 spiro atoms. The zero-order valence-electron chi connectivity index (χ0n) is 31.5. The predicted molar refractivity (Wildman–Crippen MR) is 203 cm³/mol. The summed E-state index contributed by atoms with van der Waals surface area (Å²) in [5.41, 5.74) is 6.69. The van der Waals surface area contributed by atoms with Crippen LogP contribution in [-0.2, 0) is 20.9 Å². The molecule has 2 aromatic carbocycles. The number of esters is 1. The maximum absolute atomic E-state index is 14.5. The zero-order chi connectivity index (χ0) is 38.6. The fraction of sp³-hybridized carbons (Fsp3) is 0.550. The molecule has 2 fully saturated rings. The van der Waals surface area contributed by atoms with E-state index in [1.54, 1.807) is 35.2 Å². The molecule has 2 unspecified atom stereocenters.